The second kappa shape index (κ2) is 8.62. The third-order valence-corrected chi connectivity index (χ3v) is 5.88. The molecule has 3 nitrogen and oxygen atoms in total. The molecule has 5 aromatic rings. The van der Waals surface area contributed by atoms with Crippen LogP contribution < -0.4 is 0 Å². The van der Waals surface area contributed by atoms with Gasteiger partial charge in [-0.25, -0.2) is 15.0 Å². The SMILES string of the molecule is Brc1c(-c2ccccc2)cccc1-c1nc(-c2ccccc2)nc(-c2ccccc2)n1. The molecular formula is C27H18BrN3. The summed E-state index contributed by atoms with van der Waals surface area (Å²) in [6, 6.07) is 36.5. The highest BCUT2D eigenvalue weighted by atomic mass is 79.9. The molecule has 5 rings (SSSR count). The van der Waals surface area contributed by atoms with Crippen molar-refractivity contribution in [2.45, 2.75) is 0 Å². The molecule has 0 saturated heterocycles. The molecule has 4 heteroatoms. The number of hydrogen-bond donors (Lipinski definition) is 0. The normalized spacial score (nSPS) is 10.7. The smallest absolute Gasteiger partial charge is 0.165 e. The Bertz CT molecular complexity index is 1260. The van der Waals surface area contributed by atoms with Crippen LogP contribution in [0.3, 0.4) is 0 Å². The zero-order chi connectivity index (χ0) is 21.0. The standard InChI is InChI=1S/C27H18BrN3/c28-24-22(19-11-4-1-5-12-19)17-10-18-23(24)27-30-25(20-13-6-2-7-14-20)29-26(31-27)21-15-8-3-9-16-21/h1-18H. The maximum absolute atomic E-state index is 4.84. The summed E-state index contributed by atoms with van der Waals surface area (Å²) < 4.78 is 0.963. The minimum atomic E-state index is 0.636. The average Bonchev–Trinajstić information content (AvgIpc) is 2.85. The van der Waals surface area contributed by atoms with Crippen LogP contribution in [0.5, 0.6) is 0 Å². The lowest BCUT2D eigenvalue weighted by atomic mass is 10.0. The molecule has 0 unspecified atom stereocenters. The van der Waals surface area contributed by atoms with Crippen molar-refractivity contribution in [3.05, 3.63) is 114 Å². The highest BCUT2D eigenvalue weighted by Gasteiger charge is 2.16. The Morgan fingerprint density at radius 2 is 0.806 bits per heavy atom. The molecule has 1 heterocycles. The van der Waals surface area contributed by atoms with Gasteiger partial charge in [0.2, 0.25) is 0 Å². The Kier molecular flexibility index (Phi) is 5.38. The quantitative estimate of drug-likeness (QED) is 0.280. The summed E-state index contributed by atoms with van der Waals surface area (Å²) in [5.41, 5.74) is 5.08. The summed E-state index contributed by atoms with van der Waals surface area (Å²) in [6.07, 6.45) is 0. The first kappa shape index (κ1) is 19.3. The van der Waals surface area contributed by atoms with Crippen LogP contribution in [0.1, 0.15) is 0 Å². The Morgan fingerprint density at radius 3 is 1.32 bits per heavy atom. The van der Waals surface area contributed by atoms with E-state index < -0.39 is 0 Å². The second-order valence-corrected chi connectivity index (χ2v) is 7.86. The minimum absolute atomic E-state index is 0.636. The van der Waals surface area contributed by atoms with Crippen molar-refractivity contribution >= 4 is 15.9 Å². The molecule has 1 aromatic heterocycles. The van der Waals surface area contributed by atoms with E-state index in [4.69, 9.17) is 15.0 Å². The Hall–Kier alpha value is -3.63. The first-order chi connectivity index (χ1) is 15.3. The summed E-state index contributed by atoms with van der Waals surface area (Å²) in [5, 5.41) is 0. The first-order valence-corrected chi connectivity index (χ1v) is 10.8. The number of nitrogens with zero attached hydrogens (tertiary/aromatic N) is 3. The average molecular weight is 464 g/mol. The van der Waals surface area contributed by atoms with Gasteiger partial charge in [0.25, 0.3) is 0 Å². The predicted molar refractivity (Wildman–Crippen MR) is 129 cm³/mol. The third kappa shape index (κ3) is 4.03. The van der Waals surface area contributed by atoms with E-state index in [-0.39, 0.29) is 0 Å². The molecule has 0 amide bonds. The first-order valence-electron chi connectivity index (χ1n) is 10.0. The van der Waals surface area contributed by atoms with E-state index in [9.17, 15) is 0 Å². The molecule has 0 atom stereocenters. The Balaban J connectivity index is 1.71. The van der Waals surface area contributed by atoms with Gasteiger partial charge in [0.1, 0.15) is 0 Å². The van der Waals surface area contributed by atoms with Gasteiger partial charge in [0.05, 0.1) is 0 Å². The summed E-state index contributed by atoms with van der Waals surface area (Å²) in [6.45, 7) is 0. The van der Waals surface area contributed by atoms with Crippen molar-refractivity contribution in [3.8, 4) is 45.3 Å². The van der Waals surface area contributed by atoms with Crippen molar-refractivity contribution in [2.24, 2.45) is 0 Å². The van der Waals surface area contributed by atoms with Crippen LogP contribution >= 0.6 is 15.9 Å². The number of halogens is 1. The Morgan fingerprint density at radius 1 is 0.387 bits per heavy atom. The van der Waals surface area contributed by atoms with E-state index in [1.807, 2.05) is 91.0 Å². The summed E-state index contributed by atoms with van der Waals surface area (Å²) in [7, 11) is 0. The van der Waals surface area contributed by atoms with E-state index in [0.29, 0.717) is 17.5 Å². The fourth-order valence-corrected chi connectivity index (χ4v) is 4.14. The molecule has 0 N–H and O–H groups in total. The van der Waals surface area contributed by atoms with Gasteiger partial charge in [-0.1, -0.05) is 109 Å². The molecule has 0 aliphatic carbocycles. The monoisotopic (exact) mass is 463 g/mol. The second-order valence-electron chi connectivity index (χ2n) is 7.07. The molecule has 0 saturated carbocycles. The molecule has 4 aromatic carbocycles. The lowest BCUT2D eigenvalue weighted by molar-refractivity contribution is 1.07. The minimum Gasteiger partial charge on any atom is -0.208 e. The van der Waals surface area contributed by atoms with Gasteiger partial charge in [-0.05, 0) is 27.1 Å². The fraction of sp³-hybridized carbons (Fsp3) is 0. The predicted octanol–water partition coefficient (Wildman–Crippen LogP) is 7.30. The van der Waals surface area contributed by atoms with Crippen LogP contribution in [0.4, 0.5) is 0 Å². The number of aromatic nitrogens is 3. The van der Waals surface area contributed by atoms with Gasteiger partial charge < -0.3 is 0 Å². The van der Waals surface area contributed by atoms with Crippen molar-refractivity contribution < 1.29 is 0 Å². The molecule has 0 aliphatic rings. The fourth-order valence-electron chi connectivity index (χ4n) is 3.47. The van der Waals surface area contributed by atoms with Gasteiger partial charge in [0.15, 0.2) is 17.5 Å². The zero-order valence-corrected chi connectivity index (χ0v) is 18.2. The van der Waals surface area contributed by atoms with Crippen molar-refractivity contribution in [2.75, 3.05) is 0 Å². The van der Waals surface area contributed by atoms with E-state index in [0.717, 1.165) is 32.3 Å². The molecule has 148 valence electrons. The van der Waals surface area contributed by atoms with Crippen LogP contribution in [0.25, 0.3) is 45.3 Å². The highest BCUT2D eigenvalue weighted by Crippen LogP contribution is 2.36. The molecular weight excluding hydrogens is 446 g/mol. The van der Waals surface area contributed by atoms with Gasteiger partial charge in [-0.2, -0.15) is 0 Å². The number of benzene rings is 4. The van der Waals surface area contributed by atoms with Crippen molar-refractivity contribution in [3.63, 3.8) is 0 Å². The summed E-state index contributed by atoms with van der Waals surface area (Å²) >= 11 is 3.82. The van der Waals surface area contributed by atoms with Gasteiger partial charge >= 0.3 is 0 Å². The van der Waals surface area contributed by atoms with Gasteiger partial charge in [-0.15, -0.1) is 0 Å². The van der Waals surface area contributed by atoms with E-state index in [2.05, 4.69) is 34.1 Å². The van der Waals surface area contributed by atoms with Crippen molar-refractivity contribution in [1.82, 2.24) is 15.0 Å². The maximum atomic E-state index is 4.84. The van der Waals surface area contributed by atoms with Gasteiger partial charge in [-0.3, -0.25) is 0 Å². The lowest BCUT2D eigenvalue weighted by Gasteiger charge is -2.12. The van der Waals surface area contributed by atoms with Crippen LogP contribution in [-0.4, -0.2) is 15.0 Å². The van der Waals surface area contributed by atoms with Crippen LogP contribution in [0.15, 0.2) is 114 Å². The Labute approximate surface area is 189 Å². The van der Waals surface area contributed by atoms with E-state index in [1.54, 1.807) is 0 Å². The number of hydrogen-bond acceptors (Lipinski definition) is 3. The topological polar surface area (TPSA) is 38.7 Å². The largest absolute Gasteiger partial charge is 0.208 e. The molecule has 0 aliphatic heterocycles. The van der Waals surface area contributed by atoms with Crippen LogP contribution in [0, 0.1) is 0 Å². The molecule has 0 fully saturated rings. The lowest BCUT2D eigenvalue weighted by Crippen LogP contribution is -2.00. The molecule has 0 bridgehead atoms. The summed E-state index contributed by atoms with van der Waals surface area (Å²) in [4.78, 5) is 14.5. The highest BCUT2D eigenvalue weighted by molar-refractivity contribution is 9.10. The van der Waals surface area contributed by atoms with E-state index in [1.165, 1.54) is 0 Å². The van der Waals surface area contributed by atoms with E-state index >= 15 is 0 Å². The molecule has 0 radical (unpaired) electrons. The molecule has 31 heavy (non-hydrogen) atoms. The van der Waals surface area contributed by atoms with Gasteiger partial charge in [0, 0.05) is 21.2 Å². The van der Waals surface area contributed by atoms with Crippen LogP contribution in [0.2, 0.25) is 0 Å². The molecule has 0 spiro atoms. The zero-order valence-electron chi connectivity index (χ0n) is 16.6. The third-order valence-electron chi connectivity index (χ3n) is 5.02. The number of rotatable bonds is 4. The summed E-state index contributed by atoms with van der Waals surface area (Å²) in [5.74, 6) is 1.94. The van der Waals surface area contributed by atoms with Crippen LogP contribution in [-0.2, 0) is 0 Å². The maximum Gasteiger partial charge on any atom is 0.165 e. The van der Waals surface area contributed by atoms with Crippen molar-refractivity contribution in [1.29, 1.82) is 0 Å².